The summed E-state index contributed by atoms with van der Waals surface area (Å²) in [6.45, 7) is 4.98. The fourth-order valence-electron chi connectivity index (χ4n) is 4.74. The first-order valence-electron chi connectivity index (χ1n) is 11.6. The maximum Gasteiger partial charge on any atom is 0.332 e. The van der Waals surface area contributed by atoms with Crippen molar-refractivity contribution in [2.45, 2.75) is 26.9 Å². The fraction of sp³-hybridized carbons (Fsp3) is 0.308. The first-order valence-corrected chi connectivity index (χ1v) is 12.0. The van der Waals surface area contributed by atoms with Gasteiger partial charge in [0.25, 0.3) is 5.56 Å². The van der Waals surface area contributed by atoms with Crippen LogP contribution in [0.1, 0.15) is 19.4 Å². The molecule has 0 aliphatic carbocycles. The Balaban J connectivity index is 1.89. The first-order chi connectivity index (χ1) is 16.7. The summed E-state index contributed by atoms with van der Waals surface area (Å²) in [6.07, 6.45) is 1.91. The normalized spacial score (nSPS) is 11.8. The lowest BCUT2D eigenvalue weighted by Gasteiger charge is -2.11. The SMILES string of the molecule is CC(C)Cn1c(=O)n(C)c(=O)c2c(-c3cn(C)c(=S)n3C)n(Cc3cccc4ccccc34)nc21. The summed E-state index contributed by atoms with van der Waals surface area (Å²) in [6, 6.07) is 14.4. The van der Waals surface area contributed by atoms with Crippen LogP contribution < -0.4 is 11.2 Å². The molecule has 0 radical (unpaired) electrons. The molecule has 5 rings (SSSR count). The molecule has 0 saturated heterocycles. The molecule has 0 saturated carbocycles. The van der Waals surface area contributed by atoms with Crippen molar-refractivity contribution in [1.82, 2.24) is 28.0 Å². The second kappa shape index (κ2) is 8.49. The van der Waals surface area contributed by atoms with Crippen molar-refractivity contribution in [1.29, 1.82) is 0 Å². The molecule has 0 fully saturated rings. The predicted molar refractivity (Wildman–Crippen MR) is 141 cm³/mol. The number of aromatic nitrogens is 6. The maximum absolute atomic E-state index is 13.5. The third-order valence-corrected chi connectivity index (χ3v) is 7.04. The zero-order valence-corrected chi connectivity index (χ0v) is 21.3. The summed E-state index contributed by atoms with van der Waals surface area (Å²) in [5, 5.41) is 7.57. The Hall–Kier alpha value is -3.72. The van der Waals surface area contributed by atoms with Gasteiger partial charge in [0.1, 0.15) is 11.1 Å². The molecule has 0 amide bonds. The van der Waals surface area contributed by atoms with Crippen LogP contribution in [0.2, 0.25) is 0 Å². The molecule has 0 spiro atoms. The highest BCUT2D eigenvalue weighted by atomic mass is 32.1. The molecule has 35 heavy (non-hydrogen) atoms. The third kappa shape index (κ3) is 3.67. The lowest BCUT2D eigenvalue weighted by Crippen LogP contribution is -2.38. The lowest BCUT2D eigenvalue weighted by atomic mass is 10.0. The summed E-state index contributed by atoms with van der Waals surface area (Å²) in [4.78, 5) is 26.6. The van der Waals surface area contributed by atoms with E-state index in [4.69, 9.17) is 17.3 Å². The topological polar surface area (TPSA) is 71.7 Å². The number of nitrogens with zero attached hydrogens (tertiary/aromatic N) is 6. The number of rotatable bonds is 5. The molecule has 3 aromatic heterocycles. The van der Waals surface area contributed by atoms with E-state index in [1.54, 1.807) is 4.57 Å². The molecule has 9 heteroatoms. The lowest BCUT2D eigenvalue weighted by molar-refractivity contribution is 0.498. The Morgan fingerprint density at radius 1 is 0.971 bits per heavy atom. The first kappa shape index (κ1) is 23.0. The highest BCUT2D eigenvalue weighted by molar-refractivity contribution is 7.71. The number of imidazole rings is 1. The average molecular weight is 489 g/mol. The summed E-state index contributed by atoms with van der Waals surface area (Å²) in [5.74, 6) is 0.201. The molecule has 0 aliphatic heterocycles. The molecule has 0 N–H and O–H groups in total. The van der Waals surface area contributed by atoms with Crippen LogP contribution >= 0.6 is 12.2 Å². The highest BCUT2D eigenvalue weighted by Crippen LogP contribution is 2.29. The third-order valence-electron chi connectivity index (χ3n) is 6.48. The van der Waals surface area contributed by atoms with Crippen LogP contribution in [0.3, 0.4) is 0 Å². The van der Waals surface area contributed by atoms with Crippen molar-refractivity contribution in [3.63, 3.8) is 0 Å². The van der Waals surface area contributed by atoms with Gasteiger partial charge in [-0.05, 0) is 34.5 Å². The van der Waals surface area contributed by atoms with Crippen LogP contribution in [-0.4, -0.2) is 28.0 Å². The Morgan fingerprint density at radius 2 is 1.69 bits per heavy atom. The van der Waals surface area contributed by atoms with Crippen molar-refractivity contribution >= 4 is 34.0 Å². The van der Waals surface area contributed by atoms with Gasteiger partial charge in [-0.25, -0.2) is 4.79 Å². The van der Waals surface area contributed by atoms with Crippen molar-refractivity contribution in [2.75, 3.05) is 0 Å². The summed E-state index contributed by atoms with van der Waals surface area (Å²) in [5.41, 5.74) is 2.17. The van der Waals surface area contributed by atoms with E-state index in [1.807, 2.05) is 66.2 Å². The Morgan fingerprint density at radius 3 is 2.37 bits per heavy atom. The monoisotopic (exact) mass is 488 g/mol. The molecule has 5 aromatic rings. The van der Waals surface area contributed by atoms with Crippen LogP contribution in [0.4, 0.5) is 0 Å². The molecule has 8 nitrogen and oxygen atoms in total. The van der Waals surface area contributed by atoms with E-state index in [2.05, 4.69) is 24.3 Å². The number of hydrogen-bond donors (Lipinski definition) is 0. The van der Waals surface area contributed by atoms with Crippen LogP contribution in [0, 0.1) is 10.7 Å². The van der Waals surface area contributed by atoms with E-state index in [9.17, 15) is 9.59 Å². The van der Waals surface area contributed by atoms with Crippen molar-refractivity contribution in [2.24, 2.45) is 27.1 Å². The van der Waals surface area contributed by atoms with Gasteiger partial charge in [-0.3, -0.25) is 18.6 Å². The minimum atomic E-state index is -0.362. The van der Waals surface area contributed by atoms with Gasteiger partial charge in [-0.15, -0.1) is 0 Å². The molecular weight excluding hydrogens is 460 g/mol. The highest BCUT2D eigenvalue weighted by Gasteiger charge is 2.25. The minimum absolute atomic E-state index is 0.201. The zero-order valence-electron chi connectivity index (χ0n) is 20.5. The van der Waals surface area contributed by atoms with E-state index in [-0.39, 0.29) is 17.2 Å². The molecule has 3 heterocycles. The van der Waals surface area contributed by atoms with Crippen molar-refractivity contribution < 1.29 is 0 Å². The smallest absolute Gasteiger partial charge is 0.326 e. The maximum atomic E-state index is 13.5. The molecule has 0 unspecified atom stereocenters. The van der Waals surface area contributed by atoms with Crippen molar-refractivity contribution in [3.8, 4) is 11.4 Å². The molecule has 0 aliphatic rings. The van der Waals surface area contributed by atoms with E-state index in [0.29, 0.717) is 34.6 Å². The van der Waals surface area contributed by atoms with Crippen LogP contribution in [0.5, 0.6) is 0 Å². The largest absolute Gasteiger partial charge is 0.332 e. The van der Waals surface area contributed by atoms with Gasteiger partial charge in [0.15, 0.2) is 10.4 Å². The second-order valence-corrected chi connectivity index (χ2v) is 9.83. The van der Waals surface area contributed by atoms with Gasteiger partial charge in [0, 0.05) is 33.9 Å². The van der Waals surface area contributed by atoms with E-state index < -0.39 is 0 Å². The van der Waals surface area contributed by atoms with Crippen molar-refractivity contribution in [3.05, 3.63) is 79.8 Å². The van der Waals surface area contributed by atoms with E-state index in [1.165, 1.54) is 11.6 Å². The average Bonchev–Trinajstić information content (AvgIpc) is 3.32. The van der Waals surface area contributed by atoms with Crippen LogP contribution in [0.15, 0.2) is 58.3 Å². The number of benzene rings is 2. The van der Waals surface area contributed by atoms with Crippen LogP contribution in [-0.2, 0) is 34.2 Å². The van der Waals surface area contributed by atoms with Gasteiger partial charge >= 0.3 is 5.69 Å². The molecule has 180 valence electrons. The number of fused-ring (bicyclic) bond motifs is 2. The molecular formula is C26H28N6O2S. The predicted octanol–water partition coefficient (Wildman–Crippen LogP) is 3.83. The van der Waals surface area contributed by atoms with E-state index in [0.717, 1.165) is 22.0 Å². The standard InChI is InChI=1S/C26H28N6O2S/c1-16(2)13-31-23-21(24(33)30(5)25(31)34)22(20-15-28(3)26(35)29(20)4)32(27-23)14-18-11-8-10-17-9-6-7-12-19(17)18/h6-12,15-16H,13-14H2,1-5H3. The van der Waals surface area contributed by atoms with Gasteiger partial charge in [0.2, 0.25) is 0 Å². The van der Waals surface area contributed by atoms with Gasteiger partial charge in [0.05, 0.1) is 12.2 Å². The van der Waals surface area contributed by atoms with Gasteiger partial charge in [-0.1, -0.05) is 56.3 Å². The van der Waals surface area contributed by atoms with Gasteiger partial charge in [-0.2, -0.15) is 5.10 Å². The molecule has 0 atom stereocenters. The van der Waals surface area contributed by atoms with Crippen LogP contribution in [0.25, 0.3) is 33.2 Å². The number of hydrogen-bond acceptors (Lipinski definition) is 4. The quantitative estimate of drug-likeness (QED) is 0.353. The van der Waals surface area contributed by atoms with Gasteiger partial charge < -0.3 is 9.13 Å². The second-order valence-electron chi connectivity index (χ2n) is 9.46. The van der Waals surface area contributed by atoms with E-state index >= 15 is 0 Å². The molecule has 0 bridgehead atoms. The summed E-state index contributed by atoms with van der Waals surface area (Å²) >= 11 is 5.57. The molecule has 2 aromatic carbocycles. The Labute approximate surface area is 207 Å². The Kier molecular flexibility index (Phi) is 5.59. The summed E-state index contributed by atoms with van der Waals surface area (Å²) < 4.78 is 8.98. The number of aryl methyl sites for hydroxylation is 1. The summed E-state index contributed by atoms with van der Waals surface area (Å²) in [7, 11) is 5.29. The fourth-order valence-corrected chi connectivity index (χ4v) is 4.89. The zero-order chi connectivity index (χ0) is 25.0. The minimum Gasteiger partial charge on any atom is -0.326 e. The Bertz CT molecular complexity index is 1780.